The van der Waals surface area contributed by atoms with Crippen LogP contribution in [0.25, 0.3) is 22.5 Å². The molecule has 154 valence electrons. The van der Waals surface area contributed by atoms with E-state index in [0.717, 1.165) is 39.5 Å². The van der Waals surface area contributed by atoms with Crippen molar-refractivity contribution in [2.45, 2.75) is 27.2 Å². The molecule has 0 atom stereocenters. The number of fused-ring (bicyclic) bond motifs is 2. The zero-order chi connectivity index (χ0) is 21.7. The van der Waals surface area contributed by atoms with E-state index in [9.17, 15) is 4.79 Å². The molecule has 7 heteroatoms. The van der Waals surface area contributed by atoms with Gasteiger partial charge < -0.3 is 4.57 Å². The van der Waals surface area contributed by atoms with Crippen molar-refractivity contribution in [3.8, 4) is 5.69 Å². The Balaban J connectivity index is 1.61. The number of aryl methyl sites for hydroxylation is 1. The molecule has 0 unspecified atom stereocenters. The number of thioether (sulfide) groups is 1. The van der Waals surface area contributed by atoms with Crippen molar-refractivity contribution in [3.05, 3.63) is 71.1 Å². The molecular weight excluding hydrogens is 406 g/mol. The number of amides is 1. The van der Waals surface area contributed by atoms with Crippen LogP contribution in [0, 0.1) is 19.3 Å². The molecule has 0 fully saturated rings. The van der Waals surface area contributed by atoms with Gasteiger partial charge in [-0.2, -0.15) is 15.1 Å². The highest BCUT2D eigenvalue weighted by atomic mass is 32.2. The van der Waals surface area contributed by atoms with Crippen LogP contribution in [0.4, 0.5) is 0 Å². The van der Waals surface area contributed by atoms with Gasteiger partial charge in [-0.05, 0) is 61.2 Å². The number of aromatic nitrogens is 1. The number of aliphatic imine (C=N–C) groups is 1. The fraction of sp³-hybridized carbons (Fsp3) is 0.167. The second kappa shape index (κ2) is 7.35. The molecule has 0 spiro atoms. The first-order chi connectivity index (χ1) is 15.0. The van der Waals surface area contributed by atoms with E-state index < -0.39 is 5.91 Å². The molecule has 0 saturated heterocycles. The van der Waals surface area contributed by atoms with Crippen molar-refractivity contribution in [3.63, 3.8) is 0 Å². The van der Waals surface area contributed by atoms with E-state index in [-0.39, 0.29) is 11.4 Å². The highest BCUT2D eigenvalue weighted by Gasteiger charge is 2.35. The minimum Gasteiger partial charge on any atom is -0.317 e. The van der Waals surface area contributed by atoms with E-state index in [1.165, 1.54) is 22.2 Å². The van der Waals surface area contributed by atoms with Gasteiger partial charge in [0.25, 0.3) is 5.91 Å². The maximum Gasteiger partial charge on any atom is 0.283 e. The molecule has 1 N–H and O–H groups in total. The van der Waals surface area contributed by atoms with Crippen LogP contribution >= 0.6 is 11.8 Å². The number of amidine groups is 2. The zero-order valence-electron chi connectivity index (χ0n) is 17.5. The van der Waals surface area contributed by atoms with Crippen molar-refractivity contribution in [1.29, 1.82) is 5.41 Å². The van der Waals surface area contributed by atoms with Crippen LogP contribution in [0.5, 0.6) is 0 Å². The lowest BCUT2D eigenvalue weighted by atomic mass is 10.1. The fourth-order valence-electron chi connectivity index (χ4n) is 4.04. The summed E-state index contributed by atoms with van der Waals surface area (Å²) in [5.41, 5.74) is 4.30. The first kappa shape index (κ1) is 19.5. The second-order valence-electron chi connectivity index (χ2n) is 7.53. The topological polar surface area (TPSA) is 73.8 Å². The Kier molecular flexibility index (Phi) is 4.63. The predicted molar refractivity (Wildman–Crippen MR) is 128 cm³/mol. The summed E-state index contributed by atoms with van der Waals surface area (Å²) in [5, 5.41) is 18.1. The first-order valence-electron chi connectivity index (χ1n) is 10.1. The number of carbonyl (C=O) groups excluding carboxylic acids is 1. The molecular formula is C24H21N5OS. The summed E-state index contributed by atoms with van der Waals surface area (Å²) in [4.78, 5) is 16.9. The lowest BCUT2D eigenvalue weighted by Gasteiger charge is -2.20. The fourth-order valence-corrected chi connectivity index (χ4v) is 4.86. The van der Waals surface area contributed by atoms with E-state index in [1.807, 2.05) is 32.0 Å². The third kappa shape index (κ3) is 3.13. The van der Waals surface area contributed by atoms with Crippen molar-refractivity contribution < 1.29 is 4.79 Å². The van der Waals surface area contributed by atoms with Gasteiger partial charge in [0.1, 0.15) is 5.04 Å². The maximum atomic E-state index is 12.7. The van der Waals surface area contributed by atoms with Crippen LogP contribution in [0.2, 0.25) is 0 Å². The summed E-state index contributed by atoms with van der Waals surface area (Å²) in [6.07, 6.45) is 2.51. The Morgan fingerprint density at radius 1 is 1.13 bits per heavy atom. The number of hydrazone groups is 1. The lowest BCUT2D eigenvalue weighted by molar-refractivity contribution is -0.114. The number of carbonyl (C=O) groups is 1. The van der Waals surface area contributed by atoms with Gasteiger partial charge in [-0.3, -0.25) is 10.2 Å². The summed E-state index contributed by atoms with van der Waals surface area (Å²) in [6.45, 7) is 6.08. The van der Waals surface area contributed by atoms with Gasteiger partial charge in [-0.1, -0.05) is 43.3 Å². The molecule has 2 aliphatic heterocycles. The van der Waals surface area contributed by atoms with Gasteiger partial charge >= 0.3 is 0 Å². The molecule has 0 bridgehead atoms. The Morgan fingerprint density at radius 3 is 2.71 bits per heavy atom. The minimum absolute atomic E-state index is 0.0703. The molecule has 1 aromatic heterocycles. The van der Waals surface area contributed by atoms with Gasteiger partial charge in [-0.25, -0.2) is 0 Å². The lowest BCUT2D eigenvalue weighted by Crippen LogP contribution is -2.35. The van der Waals surface area contributed by atoms with Crippen LogP contribution in [0.15, 0.2) is 64.2 Å². The van der Waals surface area contributed by atoms with Crippen LogP contribution in [-0.4, -0.2) is 31.5 Å². The van der Waals surface area contributed by atoms with Crippen molar-refractivity contribution in [2.24, 2.45) is 10.1 Å². The highest BCUT2D eigenvalue weighted by molar-refractivity contribution is 8.26. The summed E-state index contributed by atoms with van der Waals surface area (Å²) < 4.78 is 2.19. The standard InChI is InChI=1S/C24H21N5OS/c1-4-21-27-29-22(25)19(23(30)26-24(29)31-21)13-17-12-14(2)28(15(17)3)20-11-7-9-16-8-5-6-10-18(16)20/h5-13,25H,4H2,1-3H3. The molecule has 5 rings (SSSR count). The van der Waals surface area contributed by atoms with Crippen molar-refractivity contribution in [1.82, 2.24) is 9.58 Å². The second-order valence-corrected chi connectivity index (χ2v) is 8.57. The summed E-state index contributed by atoms with van der Waals surface area (Å²) in [7, 11) is 0. The monoisotopic (exact) mass is 427 g/mol. The number of rotatable bonds is 3. The van der Waals surface area contributed by atoms with Crippen LogP contribution < -0.4 is 0 Å². The normalized spacial score (nSPS) is 17.4. The molecule has 0 radical (unpaired) electrons. The molecule has 2 aromatic carbocycles. The quantitative estimate of drug-likeness (QED) is 0.578. The average molecular weight is 428 g/mol. The zero-order valence-corrected chi connectivity index (χ0v) is 18.3. The SMILES string of the molecule is CCC1=NN2C(=N)C(=Cc3cc(C)n(-c4cccc5ccccc45)c3C)C(=O)N=C2S1. The summed E-state index contributed by atoms with van der Waals surface area (Å²) in [6, 6.07) is 16.6. The van der Waals surface area contributed by atoms with E-state index in [2.05, 4.69) is 51.9 Å². The Bertz CT molecular complexity index is 1360. The van der Waals surface area contributed by atoms with E-state index in [4.69, 9.17) is 5.41 Å². The van der Waals surface area contributed by atoms with Crippen molar-refractivity contribution >= 4 is 50.6 Å². The first-order valence-corrected chi connectivity index (χ1v) is 11.0. The van der Waals surface area contributed by atoms with Gasteiger partial charge in [0.05, 0.1) is 11.3 Å². The average Bonchev–Trinajstić information content (AvgIpc) is 3.31. The van der Waals surface area contributed by atoms with E-state index >= 15 is 0 Å². The number of benzene rings is 2. The van der Waals surface area contributed by atoms with Gasteiger partial charge in [0.2, 0.25) is 5.17 Å². The van der Waals surface area contributed by atoms with Gasteiger partial charge in [0.15, 0.2) is 5.84 Å². The number of hydrogen-bond donors (Lipinski definition) is 1. The smallest absolute Gasteiger partial charge is 0.283 e. The maximum absolute atomic E-state index is 12.7. The Hall–Kier alpha value is -3.45. The van der Waals surface area contributed by atoms with Crippen LogP contribution in [0.3, 0.4) is 0 Å². The largest absolute Gasteiger partial charge is 0.317 e. The molecule has 0 aliphatic carbocycles. The third-order valence-electron chi connectivity index (χ3n) is 5.58. The Labute approximate surface area is 184 Å². The number of nitrogens with zero attached hydrogens (tertiary/aromatic N) is 4. The predicted octanol–water partition coefficient (Wildman–Crippen LogP) is 5.28. The van der Waals surface area contributed by atoms with E-state index in [1.54, 1.807) is 6.08 Å². The molecule has 2 aliphatic rings. The Morgan fingerprint density at radius 2 is 1.90 bits per heavy atom. The summed E-state index contributed by atoms with van der Waals surface area (Å²) >= 11 is 1.35. The van der Waals surface area contributed by atoms with Gasteiger partial charge in [-0.15, -0.1) is 0 Å². The van der Waals surface area contributed by atoms with Crippen molar-refractivity contribution in [2.75, 3.05) is 0 Å². The number of nitrogens with one attached hydrogen (secondary N) is 1. The third-order valence-corrected chi connectivity index (χ3v) is 6.63. The highest BCUT2D eigenvalue weighted by Crippen LogP contribution is 2.31. The molecule has 3 aromatic rings. The summed E-state index contributed by atoms with van der Waals surface area (Å²) in [5.74, 6) is -0.327. The molecule has 6 nitrogen and oxygen atoms in total. The molecule has 31 heavy (non-hydrogen) atoms. The molecule has 1 amide bonds. The van der Waals surface area contributed by atoms with Gasteiger partial charge in [0, 0.05) is 16.8 Å². The number of hydrogen-bond acceptors (Lipinski definition) is 4. The van der Waals surface area contributed by atoms with E-state index in [0.29, 0.717) is 5.17 Å². The molecule has 0 saturated carbocycles. The minimum atomic E-state index is -0.397. The van der Waals surface area contributed by atoms with Crippen LogP contribution in [-0.2, 0) is 4.79 Å². The molecule has 3 heterocycles. The van der Waals surface area contributed by atoms with Crippen LogP contribution in [0.1, 0.15) is 30.3 Å².